The third-order valence-corrected chi connectivity index (χ3v) is 7.23. The molecule has 0 atom stereocenters. The summed E-state index contributed by atoms with van der Waals surface area (Å²) in [5.41, 5.74) is 2.47. The fraction of sp³-hybridized carbons (Fsp3) is 0.346. The number of ether oxygens (including phenoxy) is 1. The third-order valence-electron chi connectivity index (χ3n) is 6.07. The van der Waals surface area contributed by atoms with Gasteiger partial charge in [0.1, 0.15) is 0 Å². The van der Waals surface area contributed by atoms with Crippen LogP contribution in [-0.4, -0.2) is 21.9 Å². The minimum Gasteiger partial charge on any atom is -0.479 e. The number of carbonyl (C=O) groups is 1. The number of aromatic nitrogens is 1. The minimum atomic E-state index is -0.390. The summed E-state index contributed by atoms with van der Waals surface area (Å²) in [5, 5.41) is 4.21. The quantitative estimate of drug-likeness (QED) is 0.322. The largest absolute Gasteiger partial charge is 0.479 e. The summed E-state index contributed by atoms with van der Waals surface area (Å²) in [6.45, 7) is 2.51. The number of thiocarbonyl (C=S) groups is 1. The van der Waals surface area contributed by atoms with Crippen molar-refractivity contribution >= 4 is 50.9 Å². The lowest BCUT2D eigenvalue weighted by Gasteiger charge is -2.36. The van der Waals surface area contributed by atoms with Crippen LogP contribution in [0.25, 0.3) is 10.9 Å². The lowest BCUT2D eigenvalue weighted by molar-refractivity contribution is -0.127. The van der Waals surface area contributed by atoms with Crippen molar-refractivity contribution in [3.63, 3.8) is 0 Å². The van der Waals surface area contributed by atoms with Gasteiger partial charge >= 0.3 is 0 Å². The van der Waals surface area contributed by atoms with Gasteiger partial charge in [-0.3, -0.25) is 9.78 Å². The highest BCUT2D eigenvalue weighted by molar-refractivity contribution is 8.22. The van der Waals surface area contributed by atoms with Crippen molar-refractivity contribution < 1.29 is 9.53 Å². The lowest BCUT2D eigenvalue weighted by atomic mass is 9.69. The maximum atomic E-state index is 13.5. The predicted octanol–water partition coefficient (Wildman–Crippen LogP) is 6.78. The van der Waals surface area contributed by atoms with Crippen LogP contribution in [0.3, 0.4) is 0 Å². The predicted molar refractivity (Wildman–Crippen MR) is 136 cm³/mol. The normalized spacial score (nSPS) is 15.3. The SMILES string of the molecule is CCOC(=S)Sc1ccc(CC2(C(=O)Nc3cnc4ccccc4c3)CCCCC2)cc1. The molecule has 4 nitrogen and oxygen atoms in total. The van der Waals surface area contributed by atoms with Gasteiger partial charge in [0.15, 0.2) is 0 Å². The molecule has 32 heavy (non-hydrogen) atoms. The standard InChI is InChI=1S/C26H28N2O2S2/c1-2-30-25(31)32-22-12-10-19(11-13-22)17-26(14-6-3-7-15-26)24(29)28-21-16-20-8-4-5-9-23(20)27-18-21/h4-5,8-13,16,18H,2-3,6-7,14-15,17H2,1H3,(H,28,29). The first-order valence-corrected chi connectivity index (χ1v) is 12.4. The Bertz CT molecular complexity index is 1090. The highest BCUT2D eigenvalue weighted by Gasteiger charge is 2.39. The van der Waals surface area contributed by atoms with Gasteiger partial charge in [-0.05, 0) is 80.0 Å². The van der Waals surface area contributed by atoms with Gasteiger partial charge in [0, 0.05) is 10.3 Å². The van der Waals surface area contributed by atoms with Crippen LogP contribution in [0.1, 0.15) is 44.6 Å². The molecule has 1 saturated carbocycles. The Hall–Kier alpha value is -2.44. The number of anilines is 1. The first-order valence-electron chi connectivity index (χ1n) is 11.2. The van der Waals surface area contributed by atoms with E-state index in [1.54, 1.807) is 6.20 Å². The summed E-state index contributed by atoms with van der Waals surface area (Å²) in [5.74, 6) is 0.102. The van der Waals surface area contributed by atoms with Crippen molar-refractivity contribution in [1.29, 1.82) is 0 Å². The van der Waals surface area contributed by atoms with Gasteiger partial charge in [0.05, 0.1) is 29.4 Å². The van der Waals surface area contributed by atoms with Crippen LogP contribution in [-0.2, 0) is 16.0 Å². The zero-order chi connectivity index (χ0) is 22.4. The molecule has 1 heterocycles. The van der Waals surface area contributed by atoms with E-state index in [0.717, 1.165) is 53.6 Å². The van der Waals surface area contributed by atoms with Crippen molar-refractivity contribution in [2.45, 2.75) is 50.3 Å². The molecule has 1 aliphatic carbocycles. The van der Waals surface area contributed by atoms with Gasteiger partial charge in [0.2, 0.25) is 10.3 Å². The van der Waals surface area contributed by atoms with Gasteiger partial charge in [-0.1, -0.05) is 49.6 Å². The number of thioether (sulfide) groups is 1. The van der Waals surface area contributed by atoms with Crippen LogP contribution < -0.4 is 5.32 Å². The molecule has 0 spiro atoms. The van der Waals surface area contributed by atoms with Crippen molar-refractivity contribution in [3.05, 3.63) is 66.4 Å². The first-order chi connectivity index (χ1) is 15.6. The zero-order valence-corrected chi connectivity index (χ0v) is 19.9. The van der Waals surface area contributed by atoms with Crippen molar-refractivity contribution in [1.82, 2.24) is 4.98 Å². The zero-order valence-electron chi connectivity index (χ0n) is 18.3. The summed E-state index contributed by atoms with van der Waals surface area (Å²) in [6, 6.07) is 18.3. The summed E-state index contributed by atoms with van der Waals surface area (Å²) in [4.78, 5) is 19.1. The summed E-state index contributed by atoms with van der Waals surface area (Å²) in [7, 11) is 0. The molecule has 166 valence electrons. The Kier molecular flexibility index (Phi) is 7.43. The molecule has 0 saturated heterocycles. The molecule has 1 N–H and O–H groups in total. The number of fused-ring (bicyclic) bond motifs is 1. The summed E-state index contributed by atoms with van der Waals surface area (Å²) >= 11 is 6.68. The molecule has 2 aromatic carbocycles. The molecule has 3 aromatic rings. The van der Waals surface area contributed by atoms with E-state index >= 15 is 0 Å². The second-order valence-corrected chi connectivity index (χ2v) is 9.99. The Morgan fingerprint density at radius 3 is 2.62 bits per heavy atom. The maximum absolute atomic E-state index is 13.5. The number of nitrogens with one attached hydrogen (secondary N) is 1. The van der Waals surface area contributed by atoms with Gasteiger partial charge in [-0.2, -0.15) is 0 Å². The molecule has 1 aromatic heterocycles. The fourth-order valence-electron chi connectivity index (χ4n) is 4.43. The summed E-state index contributed by atoms with van der Waals surface area (Å²) < 4.78 is 5.90. The Morgan fingerprint density at radius 2 is 1.88 bits per heavy atom. The molecule has 1 fully saturated rings. The van der Waals surface area contributed by atoms with Gasteiger partial charge in [-0.15, -0.1) is 0 Å². The highest BCUT2D eigenvalue weighted by atomic mass is 32.2. The number of hydrogen-bond donors (Lipinski definition) is 1. The minimum absolute atomic E-state index is 0.102. The average Bonchev–Trinajstić information content (AvgIpc) is 2.81. The monoisotopic (exact) mass is 464 g/mol. The van der Waals surface area contributed by atoms with E-state index in [1.165, 1.54) is 23.7 Å². The van der Waals surface area contributed by atoms with Crippen molar-refractivity contribution in [3.8, 4) is 0 Å². The molecule has 0 bridgehead atoms. The summed E-state index contributed by atoms with van der Waals surface area (Å²) in [6.07, 6.45) is 7.66. The van der Waals surface area contributed by atoms with Gasteiger partial charge < -0.3 is 10.1 Å². The number of carbonyl (C=O) groups excluding carboxylic acids is 1. The molecule has 0 unspecified atom stereocenters. The first kappa shape index (κ1) is 22.7. The number of hydrogen-bond acceptors (Lipinski definition) is 5. The Balaban J connectivity index is 1.50. The van der Waals surface area contributed by atoms with Gasteiger partial charge in [-0.25, -0.2) is 0 Å². The van der Waals surface area contributed by atoms with Crippen LogP contribution in [0.4, 0.5) is 5.69 Å². The van der Waals surface area contributed by atoms with Crippen LogP contribution in [0.5, 0.6) is 0 Å². The van der Waals surface area contributed by atoms with Crippen LogP contribution >= 0.6 is 24.0 Å². The number of para-hydroxylation sites is 1. The number of nitrogens with zero attached hydrogens (tertiary/aromatic N) is 1. The van der Waals surface area contributed by atoms with E-state index in [0.29, 0.717) is 11.0 Å². The van der Waals surface area contributed by atoms with Crippen LogP contribution in [0.15, 0.2) is 65.7 Å². The molecule has 0 radical (unpaired) electrons. The molecule has 1 amide bonds. The lowest BCUT2D eigenvalue weighted by Crippen LogP contribution is -2.40. The van der Waals surface area contributed by atoms with E-state index in [4.69, 9.17) is 17.0 Å². The van der Waals surface area contributed by atoms with Crippen molar-refractivity contribution in [2.75, 3.05) is 11.9 Å². The highest BCUT2D eigenvalue weighted by Crippen LogP contribution is 2.40. The number of benzene rings is 2. The number of pyridine rings is 1. The third kappa shape index (κ3) is 5.48. The number of amides is 1. The maximum Gasteiger partial charge on any atom is 0.230 e. The van der Waals surface area contributed by atoms with E-state index in [2.05, 4.69) is 34.6 Å². The van der Waals surface area contributed by atoms with E-state index in [9.17, 15) is 4.79 Å². The average molecular weight is 465 g/mol. The van der Waals surface area contributed by atoms with Crippen molar-refractivity contribution in [2.24, 2.45) is 5.41 Å². The molecular formula is C26H28N2O2S2. The Labute approximate surface area is 199 Å². The topological polar surface area (TPSA) is 51.2 Å². The fourth-order valence-corrected chi connectivity index (χ4v) is 5.47. The van der Waals surface area contributed by atoms with E-state index in [-0.39, 0.29) is 11.3 Å². The van der Waals surface area contributed by atoms with E-state index in [1.807, 2.05) is 37.3 Å². The van der Waals surface area contributed by atoms with Gasteiger partial charge in [0.25, 0.3) is 0 Å². The molecule has 4 rings (SSSR count). The number of rotatable bonds is 6. The second-order valence-electron chi connectivity index (χ2n) is 8.32. The molecule has 6 heteroatoms. The van der Waals surface area contributed by atoms with Crippen LogP contribution in [0, 0.1) is 5.41 Å². The molecule has 1 aliphatic rings. The molecule has 0 aliphatic heterocycles. The second kappa shape index (κ2) is 10.5. The Morgan fingerprint density at radius 1 is 1.12 bits per heavy atom. The van der Waals surface area contributed by atoms with E-state index < -0.39 is 0 Å². The smallest absolute Gasteiger partial charge is 0.230 e. The van der Waals surface area contributed by atoms with Crippen LogP contribution in [0.2, 0.25) is 0 Å². The molecular weight excluding hydrogens is 436 g/mol.